The quantitative estimate of drug-likeness (QED) is 0.805. The van der Waals surface area contributed by atoms with E-state index < -0.39 is 0 Å². The number of carbonyl (C=O) groups excluding carboxylic acids is 1. The summed E-state index contributed by atoms with van der Waals surface area (Å²) in [4.78, 5) is 11.8. The van der Waals surface area contributed by atoms with Crippen LogP contribution in [0, 0.1) is 0 Å². The van der Waals surface area contributed by atoms with Gasteiger partial charge in [-0.05, 0) is 23.8 Å². The van der Waals surface area contributed by atoms with Crippen LogP contribution in [0.4, 0.5) is 5.69 Å². The summed E-state index contributed by atoms with van der Waals surface area (Å²) in [5.41, 5.74) is 8.11. The van der Waals surface area contributed by atoms with E-state index >= 15 is 0 Å². The Balaban J connectivity index is 1.98. The van der Waals surface area contributed by atoms with Gasteiger partial charge in [0.05, 0.1) is 12.1 Å². The molecule has 2 N–H and O–H groups in total. The number of nitrogens with zero attached hydrogens (tertiary/aromatic N) is 2. The van der Waals surface area contributed by atoms with E-state index in [4.69, 9.17) is 5.73 Å². The lowest BCUT2D eigenvalue weighted by Crippen LogP contribution is -2.07. The average molecular weight is 229 g/mol. The zero-order valence-electron chi connectivity index (χ0n) is 9.76. The Morgan fingerprint density at radius 2 is 2.18 bits per heavy atom. The van der Waals surface area contributed by atoms with E-state index in [0.29, 0.717) is 18.5 Å². The van der Waals surface area contributed by atoms with Gasteiger partial charge < -0.3 is 5.73 Å². The van der Waals surface area contributed by atoms with Gasteiger partial charge in [-0.2, -0.15) is 5.10 Å². The number of nitrogens with two attached hydrogens (primary N) is 1. The van der Waals surface area contributed by atoms with Gasteiger partial charge in [0.25, 0.3) is 0 Å². The van der Waals surface area contributed by atoms with Gasteiger partial charge in [-0.3, -0.25) is 9.48 Å². The molecule has 0 atom stereocenters. The monoisotopic (exact) mass is 229 g/mol. The summed E-state index contributed by atoms with van der Waals surface area (Å²) >= 11 is 0. The first-order valence-electron chi connectivity index (χ1n) is 5.48. The molecule has 0 bridgehead atoms. The Hall–Kier alpha value is -2.10. The number of aromatic nitrogens is 2. The summed E-state index contributed by atoms with van der Waals surface area (Å²) in [5, 5.41) is 4.18. The highest BCUT2D eigenvalue weighted by Crippen LogP contribution is 2.08. The molecule has 4 heteroatoms. The molecule has 2 aromatic rings. The van der Waals surface area contributed by atoms with E-state index in [1.807, 2.05) is 43.6 Å². The van der Waals surface area contributed by atoms with Crippen LogP contribution < -0.4 is 5.73 Å². The van der Waals surface area contributed by atoms with Crippen LogP contribution in [0.15, 0.2) is 36.5 Å². The summed E-state index contributed by atoms with van der Waals surface area (Å²) in [6, 6.07) is 9.27. The molecular formula is C13H15N3O. The fourth-order valence-electron chi connectivity index (χ4n) is 1.75. The standard InChI is InChI=1S/C13H15N3O/c1-16-6-5-12(15-16)9-13(17)8-10-3-2-4-11(14)7-10/h2-7H,8-9,14H2,1H3. The van der Waals surface area contributed by atoms with Crippen molar-refractivity contribution in [1.82, 2.24) is 9.78 Å². The normalized spacial score (nSPS) is 10.4. The van der Waals surface area contributed by atoms with E-state index in [9.17, 15) is 4.79 Å². The molecule has 17 heavy (non-hydrogen) atoms. The number of benzene rings is 1. The number of nitrogen functional groups attached to an aromatic ring is 1. The smallest absolute Gasteiger partial charge is 0.143 e. The zero-order chi connectivity index (χ0) is 12.3. The number of carbonyl (C=O) groups is 1. The number of Topliss-reactive ketones (excluding diaryl/α,β-unsaturated/α-hetero) is 1. The average Bonchev–Trinajstić information content (AvgIpc) is 2.63. The summed E-state index contributed by atoms with van der Waals surface area (Å²) in [6.07, 6.45) is 2.61. The summed E-state index contributed by atoms with van der Waals surface area (Å²) in [6.45, 7) is 0. The highest BCUT2D eigenvalue weighted by Gasteiger charge is 2.07. The van der Waals surface area contributed by atoms with E-state index in [-0.39, 0.29) is 5.78 Å². The van der Waals surface area contributed by atoms with Crippen LogP contribution in [0.2, 0.25) is 0 Å². The zero-order valence-corrected chi connectivity index (χ0v) is 9.76. The molecule has 0 spiro atoms. The third-order valence-corrected chi connectivity index (χ3v) is 2.50. The molecule has 88 valence electrons. The topological polar surface area (TPSA) is 60.9 Å². The summed E-state index contributed by atoms with van der Waals surface area (Å²) in [7, 11) is 1.84. The highest BCUT2D eigenvalue weighted by atomic mass is 16.1. The van der Waals surface area contributed by atoms with Crippen molar-refractivity contribution < 1.29 is 4.79 Å². The molecule has 1 heterocycles. The molecule has 0 unspecified atom stereocenters. The third-order valence-electron chi connectivity index (χ3n) is 2.50. The lowest BCUT2D eigenvalue weighted by Gasteiger charge is -2.01. The Labute approximate surface area is 100 Å². The fourth-order valence-corrected chi connectivity index (χ4v) is 1.75. The molecule has 0 aliphatic heterocycles. The Morgan fingerprint density at radius 3 is 2.82 bits per heavy atom. The van der Waals surface area contributed by atoms with Crippen molar-refractivity contribution in [3.05, 3.63) is 47.8 Å². The fraction of sp³-hybridized carbons (Fsp3) is 0.231. The Bertz CT molecular complexity index is 531. The number of ketones is 1. The van der Waals surface area contributed by atoms with Crippen LogP contribution in [-0.2, 0) is 24.7 Å². The molecule has 4 nitrogen and oxygen atoms in total. The molecule has 0 amide bonds. The van der Waals surface area contributed by atoms with Crippen molar-refractivity contribution in [2.24, 2.45) is 7.05 Å². The van der Waals surface area contributed by atoms with Gasteiger partial charge in [0.2, 0.25) is 0 Å². The molecule has 1 aromatic heterocycles. The first-order chi connectivity index (χ1) is 8.13. The second-order valence-corrected chi connectivity index (χ2v) is 4.12. The summed E-state index contributed by atoms with van der Waals surface area (Å²) in [5.74, 6) is 0.148. The largest absolute Gasteiger partial charge is 0.399 e. The van der Waals surface area contributed by atoms with Gasteiger partial charge in [0, 0.05) is 25.4 Å². The van der Waals surface area contributed by atoms with E-state index in [0.717, 1.165) is 11.3 Å². The van der Waals surface area contributed by atoms with Crippen molar-refractivity contribution in [3.8, 4) is 0 Å². The number of hydrogen-bond donors (Lipinski definition) is 1. The van der Waals surface area contributed by atoms with E-state index in [2.05, 4.69) is 5.10 Å². The van der Waals surface area contributed by atoms with Crippen LogP contribution in [0.25, 0.3) is 0 Å². The highest BCUT2D eigenvalue weighted by molar-refractivity contribution is 5.82. The van der Waals surface area contributed by atoms with Gasteiger partial charge in [-0.1, -0.05) is 12.1 Å². The maximum absolute atomic E-state index is 11.8. The predicted molar refractivity (Wildman–Crippen MR) is 66.5 cm³/mol. The maximum atomic E-state index is 11.8. The first kappa shape index (κ1) is 11.4. The van der Waals surface area contributed by atoms with Crippen molar-refractivity contribution in [2.75, 3.05) is 5.73 Å². The van der Waals surface area contributed by atoms with Crippen molar-refractivity contribution >= 4 is 11.5 Å². The lowest BCUT2D eigenvalue weighted by molar-refractivity contribution is -0.117. The van der Waals surface area contributed by atoms with Crippen LogP contribution in [-0.4, -0.2) is 15.6 Å². The van der Waals surface area contributed by atoms with E-state index in [1.165, 1.54) is 0 Å². The maximum Gasteiger partial charge on any atom is 0.143 e. The van der Waals surface area contributed by atoms with Gasteiger partial charge in [-0.25, -0.2) is 0 Å². The molecule has 0 saturated carbocycles. The van der Waals surface area contributed by atoms with Crippen molar-refractivity contribution in [3.63, 3.8) is 0 Å². The number of anilines is 1. The minimum Gasteiger partial charge on any atom is -0.399 e. The molecule has 0 fully saturated rings. The Kier molecular flexibility index (Phi) is 3.23. The molecule has 1 aromatic carbocycles. The second-order valence-electron chi connectivity index (χ2n) is 4.12. The molecule has 0 radical (unpaired) electrons. The molecule has 2 rings (SSSR count). The molecular weight excluding hydrogens is 214 g/mol. The number of aryl methyl sites for hydroxylation is 1. The minimum atomic E-state index is 0.148. The number of hydrogen-bond acceptors (Lipinski definition) is 3. The van der Waals surface area contributed by atoms with Crippen molar-refractivity contribution in [1.29, 1.82) is 0 Å². The summed E-state index contributed by atoms with van der Waals surface area (Å²) < 4.78 is 1.70. The SMILES string of the molecule is Cn1ccc(CC(=O)Cc2cccc(N)c2)n1. The first-order valence-corrected chi connectivity index (χ1v) is 5.48. The number of rotatable bonds is 4. The molecule has 0 saturated heterocycles. The van der Waals surface area contributed by atoms with Gasteiger partial charge >= 0.3 is 0 Å². The van der Waals surface area contributed by atoms with Gasteiger partial charge in [-0.15, -0.1) is 0 Å². The Morgan fingerprint density at radius 1 is 1.35 bits per heavy atom. The van der Waals surface area contributed by atoms with Crippen LogP contribution in [0.1, 0.15) is 11.3 Å². The van der Waals surface area contributed by atoms with Crippen LogP contribution in [0.3, 0.4) is 0 Å². The lowest BCUT2D eigenvalue weighted by atomic mass is 10.1. The van der Waals surface area contributed by atoms with Crippen molar-refractivity contribution in [2.45, 2.75) is 12.8 Å². The minimum absolute atomic E-state index is 0.148. The predicted octanol–water partition coefficient (Wildman–Crippen LogP) is 1.36. The molecule has 0 aliphatic carbocycles. The second kappa shape index (κ2) is 4.82. The molecule has 0 aliphatic rings. The van der Waals surface area contributed by atoms with Crippen LogP contribution >= 0.6 is 0 Å². The van der Waals surface area contributed by atoms with Gasteiger partial charge in [0.15, 0.2) is 0 Å². The van der Waals surface area contributed by atoms with Crippen LogP contribution in [0.5, 0.6) is 0 Å². The van der Waals surface area contributed by atoms with E-state index in [1.54, 1.807) is 4.68 Å². The van der Waals surface area contributed by atoms with Gasteiger partial charge in [0.1, 0.15) is 5.78 Å². The third kappa shape index (κ3) is 3.17.